The summed E-state index contributed by atoms with van der Waals surface area (Å²) in [6.45, 7) is 2.59. The lowest BCUT2D eigenvalue weighted by Gasteiger charge is -2.10. The summed E-state index contributed by atoms with van der Waals surface area (Å²) in [7, 11) is 0. The van der Waals surface area contributed by atoms with Crippen molar-refractivity contribution in [2.24, 2.45) is 0 Å². The maximum Gasteiger partial charge on any atom is 0.272 e. The molecule has 3 rings (SSSR count). The number of hydrogen-bond acceptors (Lipinski definition) is 4. The number of carbonyl (C=O) groups is 1. The first kappa shape index (κ1) is 13.3. The van der Waals surface area contributed by atoms with Gasteiger partial charge in [0.15, 0.2) is 5.69 Å². The molecule has 0 atom stereocenters. The van der Waals surface area contributed by atoms with Gasteiger partial charge in [-0.05, 0) is 32.6 Å². The summed E-state index contributed by atoms with van der Waals surface area (Å²) >= 11 is 1.64. The maximum atomic E-state index is 12.2. The molecule has 106 valence electrons. The lowest BCUT2D eigenvalue weighted by Crippen LogP contribution is -2.27. The zero-order valence-electron chi connectivity index (χ0n) is 11.5. The van der Waals surface area contributed by atoms with Crippen LogP contribution >= 0.6 is 11.3 Å². The van der Waals surface area contributed by atoms with Crippen LogP contribution in [0.25, 0.3) is 0 Å². The molecule has 0 spiro atoms. The van der Waals surface area contributed by atoms with E-state index in [0.29, 0.717) is 12.2 Å². The number of aromatic amines is 1. The molecule has 0 saturated heterocycles. The highest BCUT2D eigenvalue weighted by molar-refractivity contribution is 7.09. The van der Waals surface area contributed by atoms with Gasteiger partial charge in [-0.15, -0.1) is 11.3 Å². The quantitative estimate of drug-likeness (QED) is 0.905. The predicted octanol–water partition coefficient (Wildman–Crippen LogP) is 2.03. The highest BCUT2D eigenvalue weighted by Crippen LogP contribution is 2.21. The molecule has 0 radical (unpaired) electrons. The Kier molecular flexibility index (Phi) is 3.82. The molecule has 0 aliphatic heterocycles. The van der Waals surface area contributed by atoms with Gasteiger partial charge in [0.05, 0.1) is 10.7 Å². The fourth-order valence-electron chi connectivity index (χ4n) is 2.58. The third kappa shape index (κ3) is 2.75. The third-order valence-corrected chi connectivity index (χ3v) is 4.43. The van der Waals surface area contributed by atoms with Gasteiger partial charge in [0.1, 0.15) is 0 Å². The van der Waals surface area contributed by atoms with E-state index in [4.69, 9.17) is 0 Å². The van der Waals surface area contributed by atoms with Crippen LogP contribution in [0.4, 0.5) is 0 Å². The van der Waals surface area contributed by atoms with Crippen LogP contribution in [0.5, 0.6) is 0 Å². The summed E-state index contributed by atoms with van der Waals surface area (Å²) in [6, 6.07) is 0. The number of nitrogens with zero attached hydrogens (tertiary/aromatic N) is 2. The Bertz CT molecular complexity index is 616. The second-order valence-electron chi connectivity index (χ2n) is 5.10. The molecule has 2 aromatic rings. The van der Waals surface area contributed by atoms with Crippen LogP contribution in [0.3, 0.4) is 0 Å². The van der Waals surface area contributed by atoms with Crippen molar-refractivity contribution in [3.05, 3.63) is 33.0 Å². The van der Waals surface area contributed by atoms with Crippen LogP contribution in [0.2, 0.25) is 0 Å². The minimum Gasteiger partial charge on any atom is -0.350 e. The monoisotopic (exact) mass is 290 g/mol. The molecule has 0 bridgehead atoms. The summed E-state index contributed by atoms with van der Waals surface area (Å²) in [6.07, 6.45) is 5.06. The van der Waals surface area contributed by atoms with Gasteiger partial charge in [-0.2, -0.15) is 5.10 Å². The first-order chi connectivity index (χ1) is 9.74. The summed E-state index contributed by atoms with van der Waals surface area (Å²) in [4.78, 5) is 16.5. The van der Waals surface area contributed by atoms with E-state index in [1.54, 1.807) is 11.3 Å². The Labute approximate surface area is 121 Å². The third-order valence-electron chi connectivity index (χ3n) is 3.60. The Morgan fingerprint density at radius 3 is 3.10 bits per heavy atom. The van der Waals surface area contributed by atoms with Gasteiger partial charge in [0.2, 0.25) is 0 Å². The van der Waals surface area contributed by atoms with E-state index in [2.05, 4.69) is 20.5 Å². The lowest BCUT2D eigenvalue weighted by atomic mass is 9.96. The standard InChI is InChI=1S/C14H18N4OS/c1-9-16-10(8-20-9)6-7-15-14(19)13-11-4-2-3-5-12(11)17-18-13/h8H,2-7H2,1H3,(H,15,19)(H,17,18). The van der Waals surface area contributed by atoms with Crippen LogP contribution in [0.1, 0.15) is 45.3 Å². The molecule has 0 saturated carbocycles. The zero-order valence-corrected chi connectivity index (χ0v) is 12.3. The zero-order chi connectivity index (χ0) is 13.9. The van der Waals surface area contributed by atoms with Crippen molar-refractivity contribution < 1.29 is 4.79 Å². The summed E-state index contributed by atoms with van der Waals surface area (Å²) in [5.41, 5.74) is 3.86. The van der Waals surface area contributed by atoms with E-state index in [1.807, 2.05) is 12.3 Å². The lowest BCUT2D eigenvalue weighted by molar-refractivity contribution is 0.0948. The normalized spacial score (nSPS) is 14.1. The summed E-state index contributed by atoms with van der Waals surface area (Å²) < 4.78 is 0. The van der Waals surface area contributed by atoms with E-state index in [-0.39, 0.29) is 5.91 Å². The average Bonchev–Trinajstić information content (AvgIpc) is 3.05. The Morgan fingerprint density at radius 1 is 1.45 bits per heavy atom. The summed E-state index contributed by atoms with van der Waals surface area (Å²) in [5, 5.41) is 13.2. The van der Waals surface area contributed by atoms with Crippen molar-refractivity contribution in [1.82, 2.24) is 20.5 Å². The van der Waals surface area contributed by atoms with Crippen LogP contribution in [0.15, 0.2) is 5.38 Å². The van der Waals surface area contributed by atoms with Gasteiger partial charge in [-0.1, -0.05) is 0 Å². The van der Waals surface area contributed by atoms with Crippen molar-refractivity contribution in [3.8, 4) is 0 Å². The van der Waals surface area contributed by atoms with E-state index >= 15 is 0 Å². The van der Waals surface area contributed by atoms with Crippen molar-refractivity contribution in [2.75, 3.05) is 6.54 Å². The molecule has 1 aliphatic rings. The molecule has 5 nitrogen and oxygen atoms in total. The molecular formula is C14H18N4OS. The molecule has 20 heavy (non-hydrogen) atoms. The first-order valence-corrected chi connectivity index (χ1v) is 7.87. The number of nitrogens with one attached hydrogen (secondary N) is 2. The van der Waals surface area contributed by atoms with Gasteiger partial charge in [0.25, 0.3) is 5.91 Å². The number of amides is 1. The first-order valence-electron chi connectivity index (χ1n) is 6.99. The fourth-order valence-corrected chi connectivity index (χ4v) is 3.23. The number of aryl methyl sites for hydroxylation is 2. The molecule has 1 amide bonds. The van der Waals surface area contributed by atoms with Crippen molar-refractivity contribution in [2.45, 2.75) is 39.0 Å². The number of thiazole rings is 1. The highest BCUT2D eigenvalue weighted by atomic mass is 32.1. The number of hydrogen-bond donors (Lipinski definition) is 2. The van der Waals surface area contributed by atoms with Crippen LogP contribution in [-0.4, -0.2) is 27.6 Å². The largest absolute Gasteiger partial charge is 0.350 e. The van der Waals surface area contributed by atoms with Crippen LogP contribution in [0, 0.1) is 6.92 Å². The predicted molar refractivity (Wildman–Crippen MR) is 78.1 cm³/mol. The fraction of sp³-hybridized carbons (Fsp3) is 0.500. The molecule has 0 unspecified atom stereocenters. The Balaban J connectivity index is 1.58. The molecule has 2 N–H and O–H groups in total. The molecule has 2 aromatic heterocycles. The highest BCUT2D eigenvalue weighted by Gasteiger charge is 2.21. The molecule has 1 aliphatic carbocycles. The van der Waals surface area contributed by atoms with Gasteiger partial charge in [-0.25, -0.2) is 4.98 Å². The Morgan fingerprint density at radius 2 is 2.30 bits per heavy atom. The van der Waals surface area contributed by atoms with E-state index in [1.165, 1.54) is 6.42 Å². The SMILES string of the molecule is Cc1nc(CCNC(=O)c2n[nH]c3c2CCCC3)cs1. The second kappa shape index (κ2) is 5.75. The number of H-pyrrole nitrogens is 1. The molecule has 0 aromatic carbocycles. The number of aromatic nitrogens is 3. The minimum atomic E-state index is -0.0728. The minimum absolute atomic E-state index is 0.0728. The van der Waals surface area contributed by atoms with E-state index < -0.39 is 0 Å². The maximum absolute atomic E-state index is 12.2. The van der Waals surface area contributed by atoms with E-state index in [0.717, 1.165) is 47.6 Å². The number of carbonyl (C=O) groups excluding carboxylic acids is 1. The van der Waals surface area contributed by atoms with Crippen molar-refractivity contribution >= 4 is 17.2 Å². The van der Waals surface area contributed by atoms with Gasteiger partial charge in [-0.3, -0.25) is 9.89 Å². The average molecular weight is 290 g/mol. The molecule has 0 fully saturated rings. The molecule has 2 heterocycles. The van der Waals surface area contributed by atoms with Crippen LogP contribution < -0.4 is 5.32 Å². The second-order valence-corrected chi connectivity index (χ2v) is 6.16. The van der Waals surface area contributed by atoms with Crippen LogP contribution in [-0.2, 0) is 19.3 Å². The number of fused-ring (bicyclic) bond motifs is 1. The Hall–Kier alpha value is -1.69. The van der Waals surface area contributed by atoms with Gasteiger partial charge >= 0.3 is 0 Å². The molecule has 6 heteroatoms. The molecular weight excluding hydrogens is 272 g/mol. The smallest absolute Gasteiger partial charge is 0.272 e. The summed E-state index contributed by atoms with van der Waals surface area (Å²) in [5.74, 6) is -0.0728. The topological polar surface area (TPSA) is 70.7 Å². The van der Waals surface area contributed by atoms with Gasteiger partial charge in [0, 0.05) is 29.6 Å². The van der Waals surface area contributed by atoms with Crippen molar-refractivity contribution in [3.63, 3.8) is 0 Å². The van der Waals surface area contributed by atoms with Crippen molar-refractivity contribution in [1.29, 1.82) is 0 Å². The van der Waals surface area contributed by atoms with E-state index in [9.17, 15) is 4.79 Å². The number of rotatable bonds is 4. The van der Waals surface area contributed by atoms with Gasteiger partial charge < -0.3 is 5.32 Å².